The van der Waals surface area contributed by atoms with Crippen LogP contribution in [0.4, 0.5) is 0 Å². The summed E-state index contributed by atoms with van der Waals surface area (Å²) in [6, 6.07) is 0. The second kappa shape index (κ2) is 6.21. The van der Waals surface area contributed by atoms with E-state index in [1.807, 2.05) is 0 Å². The normalized spacial score (nSPS) is 20.7. The number of hydrogen-bond donors (Lipinski definition) is 2. The van der Waals surface area contributed by atoms with Crippen LogP contribution in [-0.4, -0.2) is 36.9 Å². The quantitative estimate of drug-likeness (QED) is 0.716. The predicted octanol–water partition coefficient (Wildman–Crippen LogP) is 1.08. The lowest BCUT2D eigenvalue weighted by Crippen LogP contribution is -2.44. The van der Waals surface area contributed by atoms with Crippen molar-refractivity contribution in [3.63, 3.8) is 0 Å². The first-order valence-electron chi connectivity index (χ1n) is 6.01. The average molecular weight is 229 g/mol. The third kappa shape index (κ3) is 4.94. The summed E-state index contributed by atoms with van der Waals surface area (Å²) in [6.07, 6.45) is 5.44. The van der Waals surface area contributed by atoms with Crippen molar-refractivity contribution in [2.45, 2.75) is 44.6 Å². The van der Waals surface area contributed by atoms with Crippen LogP contribution in [0.1, 0.15) is 39.0 Å². The number of carbonyl (C=O) groups is 1. The topological polar surface area (TPSA) is 58.6 Å². The number of aliphatic hydroxyl groups is 1. The lowest BCUT2D eigenvalue weighted by molar-refractivity contribution is -0.123. The Hall–Kier alpha value is -0.610. The summed E-state index contributed by atoms with van der Waals surface area (Å²) in [7, 11) is 1.54. The van der Waals surface area contributed by atoms with Crippen molar-refractivity contribution in [2.24, 2.45) is 5.92 Å². The predicted molar refractivity (Wildman–Crippen MR) is 62.1 cm³/mol. The van der Waals surface area contributed by atoms with Gasteiger partial charge in [-0.3, -0.25) is 4.79 Å². The van der Waals surface area contributed by atoms with Gasteiger partial charge in [-0.05, 0) is 25.7 Å². The summed E-state index contributed by atoms with van der Waals surface area (Å²) in [5.74, 6) is 0.593. The molecule has 0 aromatic heterocycles. The van der Waals surface area contributed by atoms with Crippen molar-refractivity contribution in [1.29, 1.82) is 0 Å². The highest BCUT2D eigenvalue weighted by Crippen LogP contribution is 2.27. The third-order valence-corrected chi connectivity index (χ3v) is 3.07. The lowest BCUT2D eigenvalue weighted by atomic mass is 10.0. The highest BCUT2D eigenvalue weighted by molar-refractivity contribution is 5.76. The number of methoxy groups -OCH3 is 1. The number of amides is 1. The van der Waals surface area contributed by atoms with Crippen LogP contribution >= 0.6 is 0 Å². The summed E-state index contributed by atoms with van der Waals surface area (Å²) in [4.78, 5) is 11.6. The van der Waals surface area contributed by atoms with Crippen molar-refractivity contribution in [3.05, 3.63) is 0 Å². The van der Waals surface area contributed by atoms with E-state index in [1.165, 1.54) is 32.8 Å². The Morgan fingerprint density at radius 3 is 2.69 bits per heavy atom. The molecule has 16 heavy (non-hydrogen) atoms. The van der Waals surface area contributed by atoms with Crippen LogP contribution in [0.15, 0.2) is 0 Å². The first-order chi connectivity index (χ1) is 7.53. The van der Waals surface area contributed by atoms with E-state index in [1.54, 1.807) is 6.92 Å². The zero-order valence-electron chi connectivity index (χ0n) is 10.3. The number of hydrogen-bond acceptors (Lipinski definition) is 3. The standard InChI is InChI=1S/C12H23NO3/c1-12(15,9-16-2)8-13-11(14)7-10-5-3-4-6-10/h10,15H,3-9H2,1-2H3,(H,13,14). The molecule has 1 atom stereocenters. The zero-order valence-corrected chi connectivity index (χ0v) is 10.3. The molecule has 0 spiro atoms. The molecule has 1 rings (SSSR count). The van der Waals surface area contributed by atoms with E-state index in [0.717, 1.165) is 0 Å². The Morgan fingerprint density at radius 2 is 2.12 bits per heavy atom. The van der Waals surface area contributed by atoms with E-state index >= 15 is 0 Å². The molecule has 0 heterocycles. The molecule has 94 valence electrons. The van der Waals surface area contributed by atoms with Crippen LogP contribution in [0.3, 0.4) is 0 Å². The fraction of sp³-hybridized carbons (Fsp3) is 0.917. The van der Waals surface area contributed by atoms with Crippen molar-refractivity contribution < 1.29 is 14.6 Å². The fourth-order valence-electron chi connectivity index (χ4n) is 2.20. The summed E-state index contributed by atoms with van der Waals surface area (Å²) >= 11 is 0. The van der Waals surface area contributed by atoms with Gasteiger partial charge in [-0.25, -0.2) is 0 Å². The van der Waals surface area contributed by atoms with Gasteiger partial charge in [0.05, 0.1) is 6.61 Å². The van der Waals surface area contributed by atoms with Gasteiger partial charge in [-0.15, -0.1) is 0 Å². The smallest absolute Gasteiger partial charge is 0.220 e. The molecule has 1 fully saturated rings. The molecule has 0 radical (unpaired) electrons. The highest BCUT2D eigenvalue weighted by atomic mass is 16.5. The highest BCUT2D eigenvalue weighted by Gasteiger charge is 2.23. The molecule has 1 aliphatic rings. The number of carbonyl (C=O) groups excluding carboxylic acids is 1. The van der Waals surface area contributed by atoms with Crippen LogP contribution in [0.2, 0.25) is 0 Å². The molecule has 1 unspecified atom stereocenters. The Kier molecular flexibility index (Phi) is 5.22. The minimum absolute atomic E-state index is 0.0447. The molecular formula is C12H23NO3. The first kappa shape index (κ1) is 13.5. The van der Waals surface area contributed by atoms with E-state index in [4.69, 9.17) is 4.74 Å². The molecule has 0 aliphatic heterocycles. The molecule has 1 aliphatic carbocycles. The molecule has 0 aromatic rings. The fourth-order valence-corrected chi connectivity index (χ4v) is 2.20. The van der Waals surface area contributed by atoms with E-state index in [0.29, 0.717) is 12.3 Å². The molecule has 1 saturated carbocycles. The van der Waals surface area contributed by atoms with E-state index in [-0.39, 0.29) is 19.1 Å². The zero-order chi connectivity index (χ0) is 12.0. The third-order valence-electron chi connectivity index (χ3n) is 3.07. The average Bonchev–Trinajstić information content (AvgIpc) is 2.68. The van der Waals surface area contributed by atoms with Gasteiger partial charge in [-0.1, -0.05) is 12.8 Å². The maximum atomic E-state index is 11.6. The number of ether oxygens (including phenoxy) is 1. The summed E-state index contributed by atoms with van der Waals surface area (Å²) in [6.45, 7) is 2.15. The lowest BCUT2D eigenvalue weighted by Gasteiger charge is -2.22. The van der Waals surface area contributed by atoms with Crippen LogP contribution < -0.4 is 5.32 Å². The molecule has 0 aromatic carbocycles. The molecule has 4 nitrogen and oxygen atoms in total. The minimum Gasteiger partial charge on any atom is -0.386 e. The number of rotatable bonds is 6. The van der Waals surface area contributed by atoms with Gasteiger partial charge in [0.1, 0.15) is 5.60 Å². The summed E-state index contributed by atoms with van der Waals surface area (Å²) in [5.41, 5.74) is -0.972. The van der Waals surface area contributed by atoms with Gasteiger partial charge in [0.25, 0.3) is 0 Å². The molecule has 4 heteroatoms. The Morgan fingerprint density at radius 1 is 1.50 bits per heavy atom. The van der Waals surface area contributed by atoms with Gasteiger partial charge in [0, 0.05) is 20.1 Å². The van der Waals surface area contributed by atoms with Crippen LogP contribution in [0.5, 0.6) is 0 Å². The molecular weight excluding hydrogens is 206 g/mol. The van der Waals surface area contributed by atoms with Gasteiger partial charge in [0.2, 0.25) is 5.91 Å². The SMILES string of the molecule is COCC(C)(O)CNC(=O)CC1CCCC1. The molecule has 1 amide bonds. The maximum absolute atomic E-state index is 11.6. The van der Waals surface area contributed by atoms with E-state index < -0.39 is 5.60 Å². The summed E-state index contributed by atoms with van der Waals surface area (Å²) in [5, 5.41) is 12.6. The first-order valence-corrected chi connectivity index (χ1v) is 6.01. The van der Waals surface area contributed by atoms with E-state index in [2.05, 4.69) is 5.32 Å². The van der Waals surface area contributed by atoms with Crippen molar-refractivity contribution in [3.8, 4) is 0 Å². The van der Waals surface area contributed by atoms with Crippen molar-refractivity contribution in [1.82, 2.24) is 5.32 Å². The minimum atomic E-state index is -0.972. The Bertz CT molecular complexity index is 222. The Balaban J connectivity index is 2.18. The van der Waals surface area contributed by atoms with Crippen molar-refractivity contribution in [2.75, 3.05) is 20.3 Å². The van der Waals surface area contributed by atoms with Gasteiger partial charge >= 0.3 is 0 Å². The molecule has 2 N–H and O–H groups in total. The monoisotopic (exact) mass is 229 g/mol. The largest absolute Gasteiger partial charge is 0.386 e. The van der Waals surface area contributed by atoms with Crippen LogP contribution in [0, 0.1) is 5.92 Å². The van der Waals surface area contributed by atoms with Gasteiger partial charge < -0.3 is 15.2 Å². The second-order valence-electron chi connectivity index (χ2n) is 5.06. The summed E-state index contributed by atoms with van der Waals surface area (Å²) < 4.78 is 4.87. The molecule has 0 saturated heterocycles. The van der Waals surface area contributed by atoms with Crippen LogP contribution in [0.25, 0.3) is 0 Å². The maximum Gasteiger partial charge on any atom is 0.220 e. The molecule has 0 bridgehead atoms. The van der Waals surface area contributed by atoms with Gasteiger partial charge in [-0.2, -0.15) is 0 Å². The van der Waals surface area contributed by atoms with Gasteiger partial charge in [0.15, 0.2) is 0 Å². The van der Waals surface area contributed by atoms with Crippen LogP contribution in [-0.2, 0) is 9.53 Å². The number of nitrogens with one attached hydrogen (secondary N) is 1. The van der Waals surface area contributed by atoms with E-state index in [9.17, 15) is 9.90 Å². The Labute approximate surface area is 97.4 Å². The second-order valence-corrected chi connectivity index (χ2v) is 5.06. The van der Waals surface area contributed by atoms with Crippen molar-refractivity contribution >= 4 is 5.91 Å².